The molecule has 1 unspecified atom stereocenters. The number of para-hydroxylation sites is 2. The molecular weight excluding hydrogens is 528 g/mol. The van der Waals surface area contributed by atoms with Crippen LogP contribution in [0.3, 0.4) is 0 Å². The Hall–Kier alpha value is -3.84. The molecule has 0 bridgehead atoms. The molecule has 0 saturated heterocycles. The molecule has 6 rings (SSSR count). The van der Waals surface area contributed by atoms with Gasteiger partial charge in [0.05, 0.1) is 17.1 Å². The second kappa shape index (κ2) is 9.56. The van der Waals surface area contributed by atoms with Crippen molar-refractivity contribution in [2.45, 2.75) is 31.8 Å². The van der Waals surface area contributed by atoms with Crippen LogP contribution in [0.5, 0.6) is 0 Å². The van der Waals surface area contributed by atoms with Gasteiger partial charge in [-0.05, 0) is 67.8 Å². The topological polar surface area (TPSA) is 57.6 Å². The molecule has 0 spiro atoms. The van der Waals surface area contributed by atoms with E-state index in [-0.39, 0.29) is 30.6 Å². The molecular formula is C30H27BrN4O2. The van der Waals surface area contributed by atoms with E-state index in [2.05, 4.69) is 63.1 Å². The van der Waals surface area contributed by atoms with Gasteiger partial charge in [-0.25, -0.2) is 4.79 Å². The Morgan fingerprint density at radius 1 is 0.946 bits per heavy atom. The normalized spacial score (nSPS) is 16.1. The van der Waals surface area contributed by atoms with Gasteiger partial charge in [0.2, 0.25) is 5.91 Å². The Morgan fingerprint density at radius 2 is 1.70 bits per heavy atom. The number of urea groups is 1. The van der Waals surface area contributed by atoms with Crippen LogP contribution in [0.1, 0.15) is 35.7 Å². The maximum absolute atomic E-state index is 14.2. The van der Waals surface area contributed by atoms with Gasteiger partial charge in [-0.15, -0.1) is 0 Å². The zero-order valence-corrected chi connectivity index (χ0v) is 22.1. The number of nitrogens with one attached hydrogen (secondary N) is 1. The Bertz CT molecular complexity index is 1470. The van der Waals surface area contributed by atoms with E-state index in [0.29, 0.717) is 5.69 Å². The summed E-state index contributed by atoms with van der Waals surface area (Å²) in [4.78, 5) is 31.1. The highest BCUT2D eigenvalue weighted by atomic mass is 79.9. The lowest BCUT2D eigenvalue weighted by atomic mass is 9.97. The number of hydrogen-bond donors (Lipinski definition) is 1. The highest BCUT2D eigenvalue weighted by molar-refractivity contribution is 9.10. The Morgan fingerprint density at radius 3 is 2.43 bits per heavy atom. The summed E-state index contributed by atoms with van der Waals surface area (Å²) < 4.78 is 3.04. The van der Waals surface area contributed by atoms with Crippen LogP contribution in [0.25, 0.3) is 5.69 Å². The SMILES string of the molecule is Cc1ccc(C2c3cccn3-c3ccccc3N2C(=O)CN(C(=O)Nc2cccc(Br)c2)C2CC2)cc1. The largest absolute Gasteiger partial charge is 0.322 e. The summed E-state index contributed by atoms with van der Waals surface area (Å²) in [5.74, 6) is -0.109. The fraction of sp³-hybridized carbons (Fsp3) is 0.200. The van der Waals surface area contributed by atoms with Crippen molar-refractivity contribution in [2.24, 2.45) is 0 Å². The third-order valence-corrected chi connectivity index (χ3v) is 7.50. The minimum absolute atomic E-state index is 0.00189. The van der Waals surface area contributed by atoms with Gasteiger partial charge >= 0.3 is 6.03 Å². The van der Waals surface area contributed by atoms with Gasteiger partial charge in [0.1, 0.15) is 12.6 Å². The maximum atomic E-state index is 14.2. The van der Waals surface area contributed by atoms with Crippen LogP contribution in [0.15, 0.2) is 95.6 Å². The summed E-state index contributed by atoms with van der Waals surface area (Å²) >= 11 is 3.45. The van der Waals surface area contributed by atoms with Gasteiger partial charge < -0.3 is 14.8 Å². The molecule has 3 amide bonds. The van der Waals surface area contributed by atoms with Crippen LogP contribution in [0, 0.1) is 6.92 Å². The van der Waals surface area contributed by atoms with E-state index < -0.39 is 0 Å². The molecule has 37 heavy (non-hydrogen) atoms. The minimum Gasteiger partial charge on any atom is -0.316 e. The van der Waals surface area contributed by atoms with E-state index in [9.17, 15) is 9.59 Å². The van der Waals surface area contributed by atoms with Gasteiger partial charge in [0.25, 0.3) is 0 Å². The number of halogens is 1. The molecule has 3 aromatic carbocycles. The summed E-state index contributed by atoms with van der Waals surface area (Å²) in [6.45, 7) is 2.06. The second-order valence-corrected chi connectivity index (χ2v) is 10.6. The predicted molar refractivity (Wildman–Crippen MR) is 149 cm³/mol. The van der Waals surface area contributed by atoms with Crippen molar-refractivity contribution in [2.75, 3.05) is 16.8 Å². The smallest absolute Gasteiger partial charge is 0.316 e. The van der Waals surface area contributed by atoms with Gasteiger partial charge in [-0.2, -0.15) is 0 Å². The summed E-state index contributed by atoms with van der Waals surface area (Å²) in [5, 5.41) is 2.97. The van der Waals surface area contributed by atoms with Crippen LogP contribution in [0.2, 0.25) is 0 Å². The van der Waals surface area contributed by atoms with Crippen molar-refractivity contribution in [3.05, 3.63) is 112 Å². The van der Waals surface area contributed by atoms with Crippen LogP contribution in [-0.2, 0) is 4.79 Å². The lowest BCUT2D eigenvalue weighted by Gasteiger charge is -2.39. The molecule has 1 fully saturated rings. The quantitative estimate of drug-likeness (QED) is 0.299. The third-order valence-electron chi connectivity index (χ3n) is 7.01. The molecule has 1 aliphatic heterocycles. The van der Waals surface area contributed by atoms with Crippen molar-refractivity contribution < 1.29 is 9.59 Å². The zero-order valence-electron chi connectivity index (χ0n) is 20.5. The number of amides is 3. The molecule has 6 nitrogen and oxygen atoms in total. The average Bonchev–Trinajstić information content (AvgIpc) is 3.62. The number of aryl methyl sites for hydroxylation is 1. The first-order chi connectivity index (χ1) is 18.0. The van der Waals surface area contributed by atoms with Crippen LogP contribution >= 0.6 is 15.9 Å². The Labute approximate surface area is 224 Å². The first-order valence-electron chi connectivity index (χ1n) is 12.5. The number of aromatic nitrogens is 1. The Balaban J connectivity index is 1.36. The summed E-state index contributed by atoms with van der Waals surface area (Å²) in [5.41, 5.74) is 5.70. The molecule has 2 aliphatic rings. The summed E-state index contributed by atoms with van der Waals surface area (Å²) in [6.07, 6.45) is 3.85. The molecule has 1 aromatic heterocycles. The number of nitrogens with zero attached hydrogens (tertiary/aromatic N) is 3. The number of carbonyl (C=O) groups is 2. The van der Waals surface area contributed by atoms with E-state index in [1.807, 2.05) is 65.7 Å². The molecule has 1 atom stereocenters. The van der Waals surface area contributed by atoms with Crippen molar-refractivity contribution >= 4 is 39.2 Å². The number of anilines is 2. The van der Waals surface area contributed by atoms with E-state index >= 15 is 0 Å². The molecule has 2 heterocycles. The third kappa shape index (κ3) is 4.55. The summed E-state index contributed by atoms with van der Waals surface area (Å²) in [6, 6.07) is 27.4. The predicted octanol–water partition coefficient (Wildman–Crippen LogP) is 6.68. The lowest BCUT2D eigenvalue weighted by Crippen LogP contribution is -2.48. The minimum atomic E-state index is -0.299. The second-order valence-electron chi connectivity index (χ2n) is 9.67. The molecule has 4 aromatic rings. The Kier molecular flexibility index (Phi) is 6.08. The lowest BCUT2D eigenvalue weighted by molar-refractivity contribution is -0.119. The first-order valence-corrected chi connectivity index (χ1v) is 13.3. The zero-order chi connectivity index (χ0) is 25.5. The molecule has 186 valence electrons. The van der Waals surface area contributed by atoms with Crippen molar-refractivity contribution in [3.63, 3.8) is 0 Å². The molecule has 1 aliphatic carbocycles. The number of fused-ring (bicyclic) bond motifs is 3. The highest BCUT2D eigenvalue weighted by Gasteiger charge is 2.40. The standard InChI is InChI=1S/C30H27BrN4O2/c1-20-11-13-21(14-12-20)29-27-10-5-17-33(27)25-8-2-3-9-26(25)35(29)28(36)19-34(24-15-16-24)30(37)32-23-7-4-6-22(31)18-23/h2-14,17-18,24,29H,15-16,19H2,1H3,(H,32,37). The highest BCUT2D eigenvalue weighted by Crippen LogP contribution is 2.42. The van der Waals surface area contributed by atoms with E-state index in [1.54, 1.807) is 4.90 Å². The molecule has 7 heteroatoms. The van der Waals surface area contributed by atoms with Crippen molar-refractivity contribution in [3.8, 4) is 5.69 Å². The van der Waals surface area contributed by atoms with Gasteiger partial charge in [0, 0.05) is 22.4 Å². The van der Waals surface area contributed by atoms with Crippen molar-refractivity contribution in [1.29, 1.82) is 0 Å². The number of carbonyl (C=O) groups excluding carboxylic acids is 2. The van der Waals surface area contributed by atoms with E-state index in [4.69, 9.17) is 0 Å². The van der Waals surface area contributed by atoms with Gasteiger partial charge in [-0.3, -0.25) is 9.69 Å². The van der Waals surface area contributed by atoms with E-state index in [1.165, 1.54) is 0 Å². The van der Waals surface area contributed by atoms with Crippen LogP contribution < -0.4 is 10.2 Å². The number of rotatable bonds is 5. The molecule has 1 N–H and O–H groups in total. The summed E-state index contributed by atoms with van der Waals surface area (Å²) in [7, 11) is 0. The first kappa shape index (κ1) is 23.6. The fourth-order valence-electron chi connectivity index (χ4n) is 5.06. The number of hydrogen-bond acceptors (Lipinski definition) is 2. The fourth-order valence-corrected chi connectivity index (χ4v) is 5.46. The van der Waals surface area contributed by atoms with Crippen molar-refractivity contribution in [1.82, 2.24) is 9.47 Å². The monoisotopic (exact) mass is 554 g/mol. The number of benzene rings is 3. The molecule has 1 saturated carbocycles. The maximum Gasteiger partial charge on any atom is 0.322 e. The average molecular weight is 555 g/mol. The van der Waals surface area contributed by atoms with E-state index in [0.717, 1.165) is 45.5 Å². The van der Waals surface area contributed by atoms with Crippen LogP contribution in [0.4, 0.5) is 16.2 Å². The molecule has 0 radical (unpaired) electrons. The van der Waals surface area contributed by atoms with Gasteiger partial charge in [0.15, 0.2) is 0 Å². The van der Waals surface area contributed by atoms with Gasteiger partial charge in [-0.1, -0.05) is 64.0 Å². The van der Waals surface area contributed by atoms with Crippen LogP contribution in [-0.4, -0.2) is 34.0 Å².